The standard InChI is InChI=1S/C17H18N4O2S/c22-16(4-7-21-6-3-15-11(10-21)5-8-24-15)18-12-1-2-13-14(9-12)20-17(23)19-13/h1-2,5,8-9H,3-4,6-7,10H2,(H,18,22)(H2,19,20,23). The van der Waals surface area contributed by atoms with Crippen LogP contribution in [-0.2, 0) is 17.8 Å². The maximum Gasteiger partial charge on any atom is 0.323 e. The van der Waals surface area contributed by atoms with Gasteiger partial charge < -0.3 is 15.3 Å². The predicted molar refractivity (Wildman–Crippen MR) is 95.5 cm³/mol. The summed E-state index contributed by atoms with van der Waals surface area (Å²) in [6, 6.07) is 7.52. The number of aromatic amines is 2. The van der Waals surface area contributed by atoms with Gasteiger partial charge in [-0.1, -0.05) is 0 Å². The van der Waals surface area contributed by atoms with Crippen LogP contribution in [0.2, 0.25) is 0 Å². The first kappa shape index (κ1) is 15.2. The highest BCUT2D eigenvalue weighted by atomic mass is 32.1. The van der Waals surface area contributed by atoms with Crippen LogP contribution >= 0.6 is 11.3 Å². The van der Waals surface area contributed by atoms with Crippen LogP contribution in [0.15, 0.2) is 34.4 Å². The van der Waals surface area contributed by atoms with Gasteiger partial charge in [0, 0.05) is 36.6 Å². The molecule has 0 saturated heterocycles. The zero-order chi connectivity index (χ0) is 16.5. The van der Waals surface area contributed by atoms with Crippen molar-refractivity contribution in [1.29, 1.82) is 0 Å². The number of benzene rings is 1. The molecule has 0 unspecified atom stereocenters. The monoisotopic (exact) mass is 342 g/mol. The molecule has 0 fully saturated rings. The van der Waals surface area contributed by atoms with Crippen molar-refractivity contribution >= 4 is 34.0 Å². The van der Waals surface area contributed by atoms with Crippen molar-refractivity contribution in [3.8, 4) is 0 Å². The third-order valence-electron chi connectivity index (χ3n) is 4.34. The molecule has 1 aliphatic rings. The number of nitrogens with zero attached hydrogens (tertiary/aromatic N) is 1. The fourth-order valence-corrected chi connectivity index (χ4v) is 3.98. The molecule has 1 aliphatic heterocycles. The number of fused-ring (bicyclic) bond motifs is 2. The SMILES string of the molecule is O=C(CCN1CCc2sccc2C1)Nc1ccc2[nH]c(=O)[nH]c2c1. The van der Waals surface area contributed by atoms with Gasteiger partial charge in [-0.3, -0.25) is 9.69 Å². The number of H-pyrrole nitrogens is 2. The van der Waals surface area contributed by atoms with Crippen molar-refractivity contribution in [2.75, 3.05) is 18.4 Å². The van der Waals surface area contributed by atoms with E-state index in [-0.39, 0.29) is 11.6 Å². The summed E-state index contributed by atoms with van der Waals surface area (Å²) in [6.45, 7) is 2.70. The Hall–Kier alpha value is -2.38. The van der Waals surface area contributed by atoms with E-state index in [1.165, 1.54) is 10.4 Å². The van der Waals surface area contributed by atoms with Crippen LogP contribution in [0.3, 0.4) is 0 Å². The predicted octanol–water partition coefficient (Wildman–Crippen LogP) is 2.30. The zero-order valence-corrected chi connectivity index (χ0v) is 13.9. The molecule has 3 aromatic rings. The van der Waals surface area contributed by atoms with Crippen molar-refractivity contribution in [1.82, 2.24) is 14.9 Å². The number of hydrogen-bond donors (Lipinski definition) is 3. The molecule has 3 heterocycles. The Labute approximate surface area is 142 Å². The fourth-order valence-electron chi connectivity index (χ4n) is 3.09. The maximum absolute atomic E-state index is 12.2. The summed E-state index contributed by atoms with van der Waals surface area (Å²) in [5.74, 6) is -0.0108. The van der Waals surface area contributed by atoms with Crippen LogP contribution in [0.1, 0.15) is 16.9 Å². The highest BCUT2D eigenvalue weighted by Gasteiger charge is 2.17. The Morgan fingerprint density at radius 2 is 2.12 bits per heavy atom. The first-order chi connectivity index (χ1) is 11.7. The fraction of sp³-hybridized carbons (Fsp3) is 0.294. The molecule has 0 saturated carbocycles. The van der Waals surface area contributed by atoms with Crippen LogP contribution in [0.4, 0.5) is 5.69 Å². The molecule has 3 N–H and O–H groups in total. The largest absolute Gasteiger partial charge is 0.326 e. The zero-order valence-electron chi connectivity index (χ0n) is 13.1. The molecule has 0 aliphatic carbocycles. The van der Waals surface area contributed by atoms with E-state index in [9.17, 15) is 9.59 Å². The Kier molecular flexibility index (Phi) is 3.95. The van der Waals surface area contributed by atoms with Crippen molar-refractivity contribution in [2.24, 2.45) is 0 Å². The summed E-state index contributed by atoms with van der Waals surface area (Å²) in [5.41, 5.74) is 3.28. The lowest BCUT2D eigenvalue weighted by molar-refractivity contribution is -0.116. The van der Waals surface area contributed by atoms with Gasteiger partial charge in [0.25, 0.3) is 0 Å². The second kappa shape index (κ2) is 6.26. The Morgan fingerprint density at radius 3 is 3.04 bits per heavy atom. The average Bonchev–Trinajstić information content (AvgIpc) is 3.17. The number of hydrogen-bond acceptors (Lipinski definition) is 4. The topological polar surface area (TPSA) is 81.0 Å². The lowest BCUT2D eigenvalue weighted by Gasteiger charge is -2.26. The van der Waals surface area contributed by atoms with Crippen molar-refractivity contribution in [3.63, 3.8) is 0 Å². The molecular weight excluding hydrogens is 324 g/mol. The molecule has 124 valence electrons. The number of thiophene rings is 1. The lowest BCUT2D eigenvalue weighted by atomic mass is 10.1. The molecule has 4 rings (SSSR count). The molecule has 7 heteroatoms. The van der Waals surface area contributed by atoms with Gasteiger partial charge in [0.2, 0.25) is 5.91 Å². The van der Waals surface area contributed by atoms with E-state index in [0.29, 0.717) is 17.6 Å². The van der Waals surface area contributed by atoms with Gasteiger partial charge in [0.05, 0.1) is 11.0 Å². The number of nitrogens with one attached hydrogen (secondary N) is 3. The van der Waals surface area contributed by atoms with Gasteiger partial charge in [-0.25, -0.2) is 4.79 Å². The van der Waals surface area contributed by atoms with Crippen LogP contribution in [0.5, 0.6) is 0 Å². The number of rotatable bonds is 4. The highest BCUT2D eigenvalue weighted by Crippen LogP contribution is 2.24. The van der Waals surface area contributed by atoms with Gasteiger partial charge in [-0.05, 0) is 41.6 Å². The smallest absolute Gasteiger partial charge is 0.323 e. The number of anilines is 1. The summed E-state index contributed by atoms with van der Waals surface area (Å²) >= 11 is 1.82. The number of amides is 1. The minimum absolute atomic E-state index is 0.0108. The first-order valence-corrected chi connectivity index (χ1v) is 8.85. The van der Waals surface area contributed by atoms with Crippen molar-refractivity contribution < 1.29 is 4.79 Å². The highest BCUT2D eigenvalue weighted by molar-refractivity contribution is 7.10. The second-order valence-corrected chi connectivity index (χ2v) is 7.03. The van der Waals surface area contributed by atoms with Crippen molar-refractivity contribution in [2.45, 2.75) is 19.4 Å². The molecule has 0 radical (unpaired) electrons. The van der Waals surface area contributed by atoms with E-state index < -0.39 is 0 Å². The van der Waals surface area contributed by atoms with E-state index in [1.807, 2.05) is 11.3 Å². The number of carbonyl (C=O) groups excluding carboxylic acids is 1. The van der Waals surface area contributed by atoms with E-state index in [2.05, 4.69) is 31.6 Å². The average molecular weight is 342 g/mol. The van der Waals surface area contributed by atoms with Crippen LogP contribution in [0.25, 0.3) is 11.0 Å². The van der Waals surface area contributed by atoms with Gasteiger partial charge >= 0.3 is 5.69 Å². The van der Waals surface area contributed by atoms with E-state index >= 15 is 0 Å². The molecule has 1 amide bonds. The molecule has 2 aromatic heterocycles. The molecule has 0 atom stereocenters. The van der Waals surface area contributed by atoms with Crippen LogP contribution < -0.4 is 11.0 Å². The molecule has 0 bridgehead atoms. The summed E-state index contributed by atoms with van der Waals surface area (Å²) < 4.78 is 0. The van der Waals surface area contributed by atoms with E-state index in [1.54, 1.807) is 18.2 Å². The lowest BCUT2D eigenvalue weighted by Crippen LogP contribution is -2.32. The Balaban J connectivity index is 1.34. The normalized spacial score (nSPS) is 14.7. The molecule has 24 heavy (non-hydrogen) atoms. The van der Waals surface area contributed by atoms with Crippen molar-refractivity contribution in [3.05, 3.63) is 50.6 Å². The minimum Gasteiger partial charge on any atom is -0.326 e. The number of imidazole rings is 1. The maximum atomic E-state index is 12.2. The summed E-state index contributed by atoms with van der Waals surface area (Å²) in [7, 11) is 0. The second-order valence-electron chi connectivity index (χ2n) is 6.03. The molecule has 0 spiro atoms. The van der Waals surface area contributed by atoms with Crippen LogP contribution in [0, 0.1) is 0 Å². The minimum atomic E-state index is -0.244. The summed E-state index contributed by atoms with van der Waals surface area (Å²) in [5, 5.41) is 5.04. The first-order valence-electron chi connectivity index (χ1n) is 7.97. The number of aromatic nitrogens is 2. The quantitative estimate of drug-likeness (QED) is 0.680. The third kappa shape index (κ3) is 3.13. The van der Waals surface area contributed by atoms with E-state index in [0.717, 1.165) is 31.6 Å². The summed E-state index contributed by atoms with van der Waals surface area (Å²) in [4.78, 5) is 32.6. The number of carbonyl (C=O) groups is 1. The third-order valence-corrected chi connectivity index (χ3v) is 5.36. The molecule has 1 aromatic carbocycles. The van der Waals surface area contributed by atoms with E-state index in [4.69, 9.17) is 0 Å². The molecular formula is C17H18N4O2S. The Morgan fingerprint density at radius 1 is 1.25 bits per heavy atom. The van der Waals surface area contributed by atoms with Crippen LogP contribution in [-0.4, -0.2) is 33.9 Å². The molecule has 6 nitrogen and oxygen atoms in total. The van der Waals surface area contributed by atoms with Gasteiger partial charge in [0.1, 0.15) is 0 Å². The summed E-state index contributed by atoms with van der Waals surface area (Å²) in [6.07, 6.45) is 1.54. The van der Waals surface area contributed by atoms with Gasteiger partial charge in [-0.15, -0.1) is 11.3 Å². The van der Waals surface area contributed by atoms with Gasteiger partial charge in [0.15, 0.2) is 0 Å². The van der Waals surface area contributed by atoms with Gasteiger partial charge in [-0.2, -0.15) is 0 Å². The Bertz CT molecular complexity index is 939.